The van der Waals surface area contributed by atoms with Gasteiger partial charge in [-0.2, -0.15) is 0 Å². The van der Waals surface area contributed by atoms with E-state index >= 15 is 0 Å². The normalized spacial score (nSPS) is 10.4. The second-order valence-electron chi connectivity index (χ2n) is 4.47. The minimum atomic E-state index is -0.532. The van der Waals surface area contributed by atoms with Crippen molar-refractivity contribution in [1.29, 1.82) is 0 Å². The first-order chi connectivity index (χ1) is 9.90. The first-order valence-electron chi connectivity index (χ1n) is 6.05. The predicted octanol–water partition coefficient (Wildman–Crippen LogP) is 2.16. The smallest absolute Gasteiger partial charge is 0.330 e. The SMILES string of the molecule is Cc1c(CNc2nn(C)cc2[N+](=O)[O-])cccc1[N+](=O)[O-]. The molecular formula is C12H13N5O4. The van der Waals surface area contributed by atoms with Crippen LogP contribution in [0.1, 0.15) is 11.1 Å². The molecule has 1 aromatic heterocycles. The molecule has 1 N–H and O–H groups in total. The molecule has 110 valence electrons. The molecule has 0 unspecified atom stereocenters. The van der Waals surface area contributed by atoms with Crippen molar-refractivity contribution in [2.24, 2.45) is 7.05 Å². The summed E-state index contributed by atoms with van der Waals surface area (Å²) in [6.07, 6.45) is 1.29. The molecule has 0 fully saturated rings. The number of nitro benzene ring substituents is 1. The van der Waals surface area contributed by atoms with Gasteiger partial charge in [-0.15, -0.1) is 5.10 Å². The van der Waals surface area contributed by atoms with Crippen LogP contribution < -0.4 is 5.32 Å². The highest BCUT2D eigenvalue weighted by Gasteiger charge is 2.19. The molecule has 0 aliphatic heterocycles. The highest BCUT2D eigenvalue weighted by Crippen LogP contribution is 2.25. The van der Waals surface area contributed by atoms with Crippen molar-refractivity contribution in [3.05, 3.63) is 55.8 Å². The summed E-state index contributed by atoms with van der Waals surface area (Å²) in [7, 11) is 1.58. The molecule has 0 amide bonds. The molecule has 9 heteroatoms. The van der Waals surface area contributed by atoms with Crippen LogP contribution in [-0.2, 0) is 13.6 Å². The number of rotatable bonds is 5. The number of nitrogens with one attached hydrogen (secondary N) is 1. The van der Waals surface area contributed by atoms with E-state index in [1.807, 2.05) is 0 Å². The van der Waals surface area contributed by atoms with Crippen molar-refractivity contribution >= 4 is 17.2 Å². The van der Waals surface area contributed by atoms with Crippen LogP contribution in [0.5, 0.6) is 0 Å². The third-order valence-corrected chi connectivity index (χ3v) is 3.07. The van der Waals surface area contributed by atoms with Gasteiger partial charge in [-0.1, -0.05) is 12.1 Å². The van der Waals surface area contributed by atoms with E-state index in [1.54, 1.807) is 26.1 Å². The standard InChI is InChI=1S/C12H13N5O4/c1-8-9(4-3-5-10(8)16(18)19)6-13-12-11(17(20)21)7-15(2)14-12/h3-5,7H,6H2,1-2H3,(H,13,14). The third-order valence-electron chi connectivity index (χ3n) is 3.07. The summed E-state index contributed by atoms with van der Waals surface area (Å²) in [6, 6.07) is 4.72. The zero-order valence-electron chi connectivity index (χ0n) is 11.4. The maximum absolute atomic E-state index is 10.9. The first-order valence-corrected chi connectivity index (χ1v) is 6.05. The second kappa shape index (κ2) is 5.57. The van der Waals surface area contributed by atoms with Gasteiger partial charge in [0.05, 0.1) is 9.85 Å². The Hall–Kier alpha value is -2.97. The van der Waals surface area contributed by atoms with Crippen LogP contribution in [0.4, 0.5) is 17.2 Å². The summed E-state index contributed by atoms with van der Waals surface area (Å²) in [4.78, 5) is 20.8. The Morgan fingerprint density at radius 1 is 1.24 bits per heavy atom. The zero-order chi connectivity index (χ0) is 15.6. The molecule has 1 aromatic carbocycles. The topological polar surface area (TPSA) is 116 Å². The predicted molar refractivity (Wildman–Crippen MR) is 75.0 cm³/mol. The Morgan fingerprint density at radius 2 is 1.90 bits per heavy atom. The average Bonchev–Trinajstić information content (AvgIpc) is 2.78. The molecule has 0 bridgehead atoms. The van der Waals surface area contributed by atoms with Gasteiger partial charge < -0.3 is 5.32 Å². The Morgan fingerprint density at radius 3 is 2.52 bits per heavy atom. The summed E-state index contributed by atoms with van der Waals surface area (Å²) in [5, 5.41) is 28.6. The molecule has 0 saturated heterocycles. The maximum atomic E-state index is 10.9. The lowest BCUT2D eigenvalue weighted by Gasteiger charge is -2.07. The quantitative estimate of drug-likeness (QED) is 0.666. The zero-order valence-corrected chi connectivity index (χ0v) is 11.4. The molecular weight excluding hydrogens is 278 g/mol. The molecule has 0 aliphatic rings. The maximum Gasteiger partial charge on any atom is 0.330 e. The highest BCUT2D eigenvalue weighted by atomic mass is 16.6. The van der Waals surface area contributed by atoms with Crippen molar-refractivity contribution in [1.82, 2.24) is 9.78 Å². The fraction of sp³-hybridized carbons (Fsp3) is 0.250. The van der Waals surface area contributed by atoms with Gasteiger partial charge in [0.25, 0.3) is 5.69 Å². The van der Waals surface area contributed by atoms with E-state index in [2.05, 4.69) is 10.4 Å². The Bertz CT molecular complexity index is 710. The van der Waals surface area contributed by atoms with Crippen molar-refractivity contribution in [2.45, 2.75) is 13.5 Å². The van der Waals surface area contributed by atoms with Crippen LogP contribution >= 0.6 is 0 Å². The van der Waals surface area contributed by atoms with Crippen LogP contribution in [0.25, 0.3) is 0 Å². The highest BCUT2D eigenvalue weighted by molar-refractivity contribution is 5.55. The molecule has 0 spiro atoms. The number of anilines is 1. The van der Waals surface area contributed by atoms with Crippen LogP contribution in [0.2, 0.25) is 0 Å². The van der Waals surface area contributed by atoms with E-state index in [4.69, 9.17) is 0 Å². The van der Waals surface area contributed by atoms with Crippen LogP contribution in [0, 0.1) is 27.2 Å². The fourth-order valence-electron chi connectivity index (χ4n) is 1.97. The van der Waals surface area contributed by atoms with Crippen molar-refractivity contribution in [3.8, 4) is 0 Å². The summed E-state index contributed by atoms with van der Waals surface area (Å²) in [5.41, 5.74) is 1.09. The molecule has 0 saturated carbocycles. The fourth-order valence-corrected chi connectivity index (χ4v) is 1.97. The molecule has 1 heterocycles. The van der Waals surface area contributed by atoms with Gasteiger partial charge in [0.1, 0.15) is 6.20 Å². The molecule has 0 atom stereocenters. The lowest BCUT2D eigenvalue weighted by Crippen LogP contribution is -2.05. The Labute approximate surface area is 119 Å². The number of benzene rings is 1. The van der Waals surface area contributed by atoms with Gasteiger partial charge in [-0.05, 0) is 12.5 Å². The molecule has 0 aliphatic carbocycles. The summed E-state index contributed by atoms with van der Waals surface area (Å²) >= 11 is 0. The van der Waals surface area contributed by atoms with Gasteiger partial charge in [0, 0.05) is 25.2 Å². The van der Waals surface area contributed by atoms with Gasteiger partial charge >= 0.3 is 5.69 Å². The molecule has 21 heavy (non-hydrogen) atoms. The molecule has 0 radical (unpaired) electrons. The second-order valence-corrected chi connectivity index (χ2v) is 4.47. The largest absolute Gasteiger partial charge is 0.359 e. The van der Waals surface area contributed by atoms with Crippen LogP contribution in [0.15, 0.2) is 24.4 Å². The summed E-state index contributed by atoms with van der Waals surface area (Å²) in [5.74, 6) is 0.133. The van der Waals surface area contributed by atoms with Crippen molar-refractivity contribution in [3.63, 3.8) is 0 Å². The molecule has 2 aromatic rings. The lowest BCUT2D eigenvalue weighted by atomic mass is 10.1. The van der Waals surface area contributed by atoms with Crippen molar-refractivity contribution < 1.29 is 9.85 Å². The monoisotopic (exact) mass is 291 g/mol. The number of nitro groups is 2. The van der Waals surface area contributed by atoms with Gasteiger partial charge in [-0.25, -0.2) is 0 Å². The van der Waals surface area contributed by atoms with Gasteiger partial charge in [-0.3, -0.25) is 24.9 Å². The average molecular weight is 291 g/mol. The Kier molecular flexibility index (Phi) is 3.83. The van der Waals surface area contributed by atoms with E-state index in [1.165, 1.54) is 16.9 Å². The number of hydrogen-bond acceptors (Lipinski definition) is 6. The summed E-state index contributed by atoms with van der Waals surface area (Å²) in [6.45, 7) is 1.85. The van der Waals surface area contributed by atoms with Crippen molar-refractivity contribution in [2.75, 3.05) is 5.32 Å². The van der Waals surface area contributed by atoms with E-state index in [-0.39, 0.29) is 23.7 Å². The van der Waals surface area contributed by atoms with Crippen LogP contribution in [0.3, 0.4) is 0 Å². The Balaban J connectivity index is 2.23. The van der Waals surface area contributed by atoms with Gasteiger partial charge in [0.15, 0.2) is 0 Å². The first kappa shape index (κ1) is 14.4. The minimum Gasteiger partial charge on any atom is -0.359 e. The number of hydrogen-bond donors (Lipinski definition) is 1. The molecule has 9 nitrogen and oxygen atoms in total. The molecule has 2 rings (SSSR count). The van der Waals surface area contributed by atoms with Crippen LogP contribution in [-0.4, -0.2) is 19.6 Å². The van der Waals surface area contributed by atoms with Gasteiger partial charge in [0.2, 0.25) is 5.82 Å². The van der Waals surface area contributed by atoms with E-state index < -0.39 is 9.85 Å². The van der Waals surface area contributed by atoms with E-state index in [9.17, 15) is 20.2 Å². The van der Waals surface area contributed by atoms with E-state index in [0.29, 0.717) is 11.1 Å². The third kappa shape index (κ3) is 2.96. The lowest BCUT2D eigenvalue weighted by molar-refractivity contribution is -0.385. The minimum absolute atomic E-state index is 0.0184. The van der Waals surface area contributed by atoms with E-state index in [0.717, 1.165) is 0 Å². The summed E-state index contributed by atoms with van der Waals surface area (Å²) < 4.78 is 1.33. The number of aromatic nitrogens is 2. The number of nitrogens with zero attached hydrogens (tertiary/aromatic N) is 4. The number of aryl methyl sites for hydroxylation is 1.